The molecule has 4 N–H and O–H groups in total. The van der Waals surface area contributed by atoms with E-state index in [1.54, 1.807) is 4.31 Å². The third-order valence-corrected chi connectivity index (χ3v) is 9.25. The number of rotatable bonds is 8. The first-order valence-corrected chi connectivity index (χ1v) is 13.7. The lowest BCUT2D eigenvalue weighted by Gasteiger charge is -2.32. The second-order valence-electron chi connectivity index (χ2n) is 9.49. The number of amides is 1. The Kier molecular flexibility index (Phi) is 6.46. The van der Waals surface area contributed by atoms with E-state index >= 15 is 0 Å². The molecule has 34 heavy (non-hydrogen) atoms. The Bertz CT molecular complexity index is 1270. The van der Waals surface area contributed by atoms with Gasteiger partial charge in [0.25, 0.3) is 5.91 Å². The van der Waals surface area contributed by atoms with E-state index in [1.165, 1.54) is 6.42 Å². The lowest BCUT2D eigenvalue weighted by Crippen LogP contribution is -2.43. The van der Waals surface area contributed by atoms with Gasteiger partial charge in [0, 0.05) is 37.3 Å². The van der Waals surface area contributed by atoms with Crippen molar-refractivity contribution in [3.63, 3.8) is 0 Å². The van der Waals surface area contributed by atoms with Crippen molar-refractivity contribution >= 4 is 26.8 Å². The number of carbonyl (C=O) groups excluding carboxylic acids is 1. The van der Waals surface area contributed by atoms with Crippen LogP contribution >= 0.6 is 0 Å². The molecule has 3 aromatic rings. The Morgan fingerprint density at radius 3 is 2.44 bits per heavy atom. The quantitative estimate of drug-likeness (QED) is 0.458. The molecule has 0 bridgehead atoms. The molecule has 0 unspecified atom stereocenters. The van der Waals surface area contributed by atoms with E-state index in [4.69, 9.17) is 5.73 Å². The fourth-order valence-corrected chi connectivity index (χ4v) is 6.56. The van der Waals surface area contributed by atoms with Crippen LogP contribution in [0.2, 0.25) is 0 Å². The van der Waals surface area contributed by atoms with Gasteiger partial charge in [-0.3, -0.25) is 4.79 Å². The van der Waals surface area contributed by atoms with Gasteiger partial charge in [0.05, 0.1) is 16.8 Å². The summed E-state index contributed by atoms with van der Waals surface area (Å²) in [5, 5.41) is 4.34. The van der Waals surface area contributed by atoms with Crippen molar-refractivity contribution in [3.8, 4) is 11.1 Å². The molecule has 1 aromatic heterocycles. The third kappa shape index (κ3) is 4.62. The zero-order valence-electron chi connectivity index (χ0n) is 19.3. The highest BCUT2D eigenvalue weighted by Gasteiger charge is 2.30. The first-order chi connectivity index (χ1) is 16.4. The molecule has 7 nitrogen and oxygen atoms in total. The molecule has 0 spiro atoms. The monoisotopic (exact) mass is 480 g/mol. The first-order valence-electron chi connectivity index (χ1n) is 12.1. The molecule has 1 amide bonds. The number of hydrogen-bond donors (Lipinski definition) is 3. The molecule has 0 radical (unpaired) electrons. The van der Waals surface area contributed by atoms with Crippen molar-refractivity contribution in [3.05, 3.63) is 59.8 Å². The summed E-state index contributed by atoms with van der Waals surface area (Å²) in [6.45, 7) is 1.56. The van der Waals surface area contributed by atoms with E-state index in [9.17, 15) is 13.2 Å². The molecule has 5 rings (SSSR count). The number of nitrogens with zero attached hydrogens (tertiary/aromatic N) is 1. The van der Waals surface area contributed by atoms with Crippen LogP contribution in [-0.2, 0) is 10.0 Å². The predicted molar refractivity (Wildman–Crippen MR) is 135 cm³/mol. The van der Waals surface area contributed by atoms with Gasteiger partial charge in [0.1, 0.15) is 0 Å². The summed E-state index contributed by atoms with van der Waals surface area (Å²) < 4.78 is 27.3. The first kappa shape index (κ1) is 23.1. The predicted octanol–water partition coefficient (Wildman–Crippen LogP) is 3.59. The van der Waals surface area contributed by atoms with Gasteiger partial charge in [-0.25, -0.2) is 12.7 Å². The Balaban J connectivity index is 1.34. The Morgan fingerprint density at radius 2 is 1.79 bits per heavy atom. The van der Waals surface area contributed by atoms with Crippen LogP contribution in [0, 0.1) is 0 Å². The average molecular weight is 481 g/mol. The van der Waals surface area contributed by atoms with Crippen LogP contribution in [0.25, 0.3) is 22.0 Å². The number of sulfonamides is 1. The topological polar surface area (TPSA) is 108 Å². The molecule has 180 valence electrons. The maximum atomic E-state index is 12.8. The van der Waals surface area contributed by atoms with Crippen LogP contribution in [0.15, 0.2) is 48.7 Å². The van der Waals surface area contributed by atoms with Crippen LogP contribution in [-0.4, -0.2) is 55.0 Å². The van der Waals surface area contributed by atoms with Crippen molar-refractivity contribution in [2.75, 3.05) is 25.4 Å². The minimum Gasteiger partial charge on any atom is -0.366 e. The average Bonchev–Trinajstić information content (AvgIpc) is 3.24. The standard InChI is InChI=1S/C26H32N4O3S/c27-26(31)23-16-20(18-5-2-1-3-6-18)15-22-24(17-29-25(22)23)19-9-12-30(13-10-19)34(32,33)14-11-28-21-7-4-8-21/h1-3,5-6,15-17,19,21,28-29H,4,7-14H2,(H2,27,31). The number of piperidine rings is 1. The highest BCUT2D eigenvalue weighted by Crippen LogP contribution is 2.37. The Hall–Kier alpha value is -2.68. The fourth-order valence-electron chi connectivity index (χ4n) is 5.16. The van der Waals surface area contributed by atoms with Crippen molar-refractivity contribution in [1.82, 2.24) is 14.6 Å². The van der Waals surface area contributed by atoms with Crippen LogP contribution in [0.4, 0.5) is 0 Å². The molecule has 1 saturated heterocycles. The minimum atomic E-state index is -3.26. The van der Waals surface area contributed by atoms with Crippen molar-refractivity contribution in [2.24, 2.45) is 5.73 Å². The summed E-state index contributed by atoms with van der Waals surface area (Å²) in [5.74, 6) is -0.0865. The second kappa shape index (κ2) is 9.52. The minimum absolute atomic E-state index is 0.156. The molecule has 1 aliphatic heterocycles. The van der Waals surface area contributed by atoms with E-state index < -0.39 is 15.9 Å². The summed E-state index contributed by atoms with van der Waals surface area (Å²) in [5.41, 5.74) is 10.0. The second-order valence-corrected chi connectivity index (χ2v) is 11.6. The summed E-state index contributed by atoms with van der Waals surface area (Å²) >= 11 is 0. The summed E-state index contributed by atoms with van der Waals surface area (Å²) in [7, 11) is -3.26. The van der Waals surface area contributed by atoms with Gasteiger partial charge >= 0.3 is 0 Å². The molecule has 2 fully saturated rings. The number of fused-ring (bicyclic) bond motifs is 1. The van der Waals surface area contributed by atoms with Crippen molar-refractivity contribution in [2.45, 2.75) is 44.1 Å². The smallest absolute Gasteiger partial charge is 0.250 e. The summed E-state index contributed by atoms with van der Waals surface area (Å²) in [6, 6.07) is 14.4. The van der Waals surface area contributed by atoms with E-state index in [1.807, 2.05) is 42.6 Å². The van der Waals surface area contributed by atoms with E-state index in [-0.39, 0.29) is 11.7 Å². The van der Waals surface area contributed by atoms with Gasteiger partial charge in [-0.15, -0.1) is 0 Å². The van der Waals surface area contributed by atoms with Gasteiger partial charge in [-0.2, -0.15) is 0 Å². The van der Waals surface area contributed by atoms with Gasteiger partial charge in [-0.05, 0) is 60.4 Å². The van der Waals surface area contributed by atoms with Gasteiger partial charge in [0.15, 0.2) is 0 Å². The van der Waals surface area contributed by atoms with Gasteiger partial charge in [0.2, 0.25) is 10.0 Å². The van der Waals surface area contributed by atoms with E-state index in [0.717, 1.165) is 53.3 Å². The molecule has 1 saturated carbocycles. The summed E-state index contributed by atoms with van der Waals surface area (Å²) in [4.78, 5) is 15.5. The number of nitrogens with one attached hydrogen (secondary N) is 2. The highest BCUT2D eigenvalue weighted by molar-refractivity contribution is 7.89. The van der Waals surface area contributed by atoms with E-state index in [2.05, 4.69) is 16.4 Å². The highest BCUT2D eigenvalue weighted by atomic mass is 32.2. The zero-order chi connectivity index (χ0) is 23.7. The number of H-pyrrole nitrogens is 1. The maximum absolute atomic E-state index is 12.8. The molecule has 0 atom stereocenters. The van der Waals surface area contributed by atoms with Crippen LogP contribution in [0.5, 0.6) is 0 Å². The summed E-state index contributed by atoms with van der Waals surface area (Å²) in [6.07, 6.45) is 7.01. The van der Waals surface area contributed by atoms with Gasteiger partial charge < -0.3 is 16.0 Å². The SMILES string of the molecule is NC(=O)c1cc(-c2ccccc2)cc2c(C3CCN(S(=O)(=O)CCNC4CCC4)CC3)c[nH]c12. The lowest BCUT2D eigenvalue weighted by atomic mass is 9.88. The fraction of sp³-hybridized carbons (Fsp3) is 0.423. The number of hydrogen-bond acceptors (Lipinski definition) is 4. The molecule has 2 aliphatic rings. The van der Waals surface area contributed by atoms with Crippen LogP contribution in [0.3, 0.4) is 0 Å². The molecular weight excluding hydrogens is 448 g/mol. The van der Waals surface area contributed by atoms with Crippen molar-refractivity contribution in [1.29, 1.82) is 0 Å². The molecule has 8 heteroatoms. The van der Waals surface area contributed by atoms with Gasteiger partial charge in [-0.1, -0.05) is 36.8 Å². The Labute approximate surface area is 200 Å². The third-order valence-electron chi connectivity index (χ3n) is 7.38. The molecule has 1 aliphatic carbocycles. The number of aromatic amines is 1. The zero-order valence-corrected chi connectivity index (χ0v) is 20.1. The molecule has 2 aromatic carbocycles. The van der Waals surface area contributed by atoms with E-state index in [0.29, 0.717) is 31.2 Å². The number of primary amides is 1. The largest absolute Gasteiger partial charge is 0.366 e. The number of nitrogens with two attached hydrogens (primary N) is 1. The van der Waals surface area contributed by atoms with Crippen LogP contribution in [0.1, 0.15) is 53.9 Å². The Morgan fingerprint density at radius 1 is 1.06 bits per heavy atom. The van der Waals surface area contributed by atoms with Crippen LogP contribution < -0.4 is 11.1 Å². The number of aromatic nitrogens is 1. The molecule has 2 heterocycles. The molecular formula is C26H32N4O3S. The number of carbonyl (C=O) groups is 1. The normalized spacial score (nSPS) is 18.2. The lowest BCUT2D eigenvalue weighted by molar-refractivity contribution is 0.100. The number of benzene rings is 2. The maximum Gasteiger partial charge on any atom is 0.250 e. The van der Waals surface area contributed by atoms with Crippen molar-refractivity contribution < 1.29 is 13.2 Å².